The van der Waals surface area contributed by atoms with Crippen LogP contribution in [0.5, 0.6) is 0 Å². The molecule has 0 saturated heterocycles. The molecule has 0 bridgehead atoms. The zero-order valence-electron chi connectivity index (χ0n) is 12.9. The van der Waals surface area contributed by atoms with Crippen molar-refractivity contribution in [3.05, 3.63) is 23.4 Å². The molecule has 2 atom stereocenters. The molecule has 2 unspecified atom stereocenters. The van der Waals surface area contributed by atoms with Crippen molar-refractivity contribution in [2.75, 3.05) is 12.4 Å². The number of hydrogen-bond acceptors (Lipinski definition) is 3. The number of carbonyl (C=O) groups is 1. The summed E-state index contributed by atoms with van der Waals surface area (Å²) in [6.07, 6.45) is 3.51. The number of rotatable bonds is 4. The van der Waals surface area contributed by atoms with Gasteiger partial charge in [-0.3, -0.25) is 4.79 Å². The first-order valence-electron chi connectivity index (χ1n) is 7.52. The van der Waals surface area contributed by atoms with Gasteiger partial charge < -0.3 is 10.6 Å². The molecule has 1 saturated carbocycles. The van der Waals surface area contributed by atoms with Gasteiger partial charge in [-0.15, -0.1) is 0 Å². The van der Waals surface area contributed by atoms with E-state index >= 15 is 0 Å². The highest BCUT2D eigenvalue weighted by Gasteiger charge is 2.25. The summed E-state index contributed by atoms with van der Waals surface area (Å²) < 4.78 is 0. The Bertz CT molecular complexity index is 485. The van der Waals surface area contributed by atoms with Gasteiger partial charge in [0.25, 0.3) is 5.91 Å². The normalized spacial score (nSPS) is 22.1. The Labute approximate surface area is 121 Å². The van der Waals surface area contributed by atoms with Crippen molar-refractivity contribution in [3.63, 3.8) is 0 Å². The summed E-state index contributed by atoms with van der Waals surface area (Å²) in [5.41, 5.74) is 1.65. The molecule has 2 N–H and O–H groups in total. The molecule has 20 heavy (non-hydrogen) atoms. The summed E-state index contributed by atoms with van der Waals surface area (Å²) in [7, 11) is 1.83. The largest absolute Gasteiger partial charge is 0.373 e. The van der Waals surface area contributed by atoms with Gasteiger partial charge in [0.1, 0.15) is 5.82 Å². The lowest BCUT2D eigenvalue weighted by molar-refractivity contribution is 0.0929. The Morgan fingerprint density at radius 3 is 2.65 bits per heavy atom. The summed E-state index contributed by atoms with van der Waals surface area (Å²) >= 11 is 0. The van der Waals surface area contributed by atoms with Gasteiger partial charge in [-0.05, 0) is 36.8 Å². The van der Waals surface area contributed by atoms with Crippen LogP contribution < -0.4 is 10.6 Å². The molecular formula is C16H25N3O. The monoisotopic (exact) mass is 275 g/mol. The zero-order chi connectivity index (χ0) is 14.7. The average Bonchev–Trinajstić information content (AvgIpc) is 2.83. The highest BCUT2D eigenvalue weighted by Crippen LogP contribution is 2.25. The second-order valence-electron chi connectivity index (χ2n) is 6.06. The third kappa shape index (κ3) is 3.30. The lowest BCUT2D eigenvalue weighted by Gasteiger charge is -2.18. The van der Waals surface area contributed by atoms with Crippen LogP contribution in [-0.2, 0) is 0 Å². The van der Waals surface area contributed by atoms with Crippen LogP contribution in [0.15, 0.2) is 12.1 Å². The first-order chi connectivity index (χ1) is 9.51. The fourth-order valence-electron chi connectivity index (χ4n) is 2.72. The predicted octanol–water partition coefficient (Wildman–Crippen LogP) is 3.17. The van der Waals surface area contributed by atoms with E-state index in [4.69, 9.17) is 0 Å². The van der Waals surface area contributed by atoms with Crippen molar-refractivity contribution >= 4 is 11.7 Å². The number of nitrogens with zero attached hydrogens (tertiary/aromatic N) is 1. The first kappa shape index (κ1) is 14.8. The summed E-state index contributed by atoms with van der Waals surface area (Å²) in [4.78, 5) is 16.9. The minimum Gasteiger partial charge on any atom is -0.373 e. The van der Waals surface area contributed by atoms with E-state index in [0.717, 1.165) is 17.9 Å². The minimum absolute atomic E-state index is 0.0181. The number of nitrogens with one attached hydrogen (secondary N) is 2. The molecule has 4 nitrogen and oxygen atoms in total. The highest BCUT2D eigenvalue weighted by molar-refractivity contribution is 5.95. The first-order valence-corrected chi connectivity index (χ1v) is 7.52. The molecule has 2 rings (SSSR count). The van der Waals surface area contributed by atoms with Crippen molar-refractivity contribution in [3.8, 4) is 0 Å². The maximum atomic E-state index is 12.4. The Morgan fingerprint density at radius 1 is 1.35 bits per heavy atom. The maximum Gasteiger partial charge on any atom is 0.251 e. The second kappa shape index (κ2) is 6.25. The van der Waals surface area contributed by atoms with E-state index in [9.17, 15) is 4.79 Å². The van der Waals surface area contributed by atoms with E-state index < -0.39 is 0 Å². The predicted molar refractivity (Wildman–Crippen MR) is 82.1 cm³/mol. The van der Waals surface area contributed by atoms with Crippen LogP contribution in [0.1, 0.15) is 62.0 Å². The molecule has 0 spiro atoms. The van der Waals surface area contributed by atoms with Crippen molar-refractivity contribution in [1.82, 2.24) is 10.3 Å². The van der Waals surface area contributed by atoms with Crippen LogP contribution in [0.3, 0.4) is 0 Å². The maximum absolute atomic E-state index is 12.4. The van der Waals surface area contributed by atoms with Gasteiger partial charge >= 0.3 is 0 Å². The molecule has 1 aromatic rings. The smallest absolute Gasteiger partial charge is 0.251 e. The Kier molecular flexibility index (Phi) is 4.63. The van der Waals surface area contributed by atoms with Crippen LogP contribution in [-0.4, -0.2) is 24.0 Å². The number of pyridine rings is 1. The topological polar surface area (TPSA) is 54.0 Å². The van der Waals surface area contributed by atoms with Gasteiger partial charge in [0.05, 0.1) is 0 Å². The number of aromatic nitrogens is 1. The van der Waals surface area contributed by atoms with E-state index in [1.165, 1.54) is 12.8 Å². The molecule has 1 heterocycles. The quantitative estimate of drug-likeness (QED) is 0.887. The van der Waals surface area contributed by atoms with Crippen molar-refractivity contribution in [2.24, 2.45) is 5.92 Å². The second-order valence-corrected chi connectivity index (χ2v) is 6.06. The van der Waals surface area contributed by atoms with E-state index in [1.54, 1.807) is 0 Å². The average molecular weight is 275 g/mol. The molecule has 0 radical (unpaired) electrons. The molecule has 110 valence electrons. The zero-order valence-corrected chi connectivity index (χ0v) is 12.9. The van der Waals surface area contributed by atoms with E-state index in [-0.39, 0.29) is 5.91 Å². The number of amides is 1. The molecule has 1 amide bonds. The third-order valence-corrected chi connectivity index (χ3v) is 4.13. The number of hydrogen-bond donors (Lipinski definition) is 2. The molecule has 4 heteroatoms. The lowest BCUT2D eigenvalue weighted by Crippen LogP contribution is -2.36. The summed E-state index contributed by atoms with van der Waals surface area (Å²) in [6, 6.07) is 4.04. The molecule has 1 aliphatic rings. The van der Waals surface area contributed by atoms with E-state index in [2.05, 4.69) is 36.4 Å². The molecule has 1 aromatic heterocycles. The highest BCUT2D eigenvalue weighted by atomic mass is 16.1. The number of carbonyl (C=O) groups excluding carboxylic acids is 1. The van der Waals surface area contributed by atoms with Gasteiger partial charge in [-0.2, -0.15) is 0 Å². The molecule has 1 fully saturated rings. The van der Waals surface area contributed by atoms with Gasteiger partial charge in [-0.1, -0.05) is 27.2 Å². The van der Waals surface area contributed by atoms with Crippen molar-refractivity contribution in [2.45, 2.75) is 52.0 Å². The molecule has 0 aromatic carbocycles. The van der Waals surface area contributed by atoms with Crippen molar-refractivity contribution < 1.29 is 4.79 Å². The Morgan fingerprint density at radius 2 is 2.10 bits per heavy atom. The van der Waals surface area contributed by atoms with E-state index in [1.807, 2.05) is 19.2 Å². The molecular weight excluding hydrogens is 250 g/mol. The van der Waals surface area contributed by atoms with Crippen LogP contribution in [0.2, 0.25) is 0 Å². The third-order valence-electron chi connectivity index (χ3n) is 4.13. The fraction of sp³-hybridized carbons (Fsp3) is 0.625. The lowest BCUT2D eigenvalue weighted by atomic mass is 10.0. The Hall–Kier alpha value is -1.58. The van der Waals surface area contributed by atoms with Gasteiger partial charge in [0, 0.05) is 24.3 Å². The molecule has 0 aliphatic heterocycles. The molecule has 1 aliphatic carbocycles. The van der Waals surface area contributed by atoms with Gasteiger partial charge in [0.15, 0.2) is 0 Å². The summed E-state index contributed by atoms with van der Waals surface area (Å²) in [5.74, 6) is 1.65. The summed E-state index contributed by atoms with van der Waals surface area (Å²) in [6.45, 7) is 6.38. The number of anilines is 1. The van der Waals surface area contributed by atoms with E-state index in [0.29, 0.717) is 23.4 Å². The Balaban J connectivity index is 2.18. The summed E-state index contributed by atoms with van der Waals surface area (Å²) in [5, 5.41) is 6.20. The van der Waals surface area contributed by atoms with Crippen LogP contribution in [0.4, 0.5) is 5.82 Å². The van der Waals surface area contributed by atoms with Crippen LogP contribution >= 0.6 is 0 Å². The van der Waals surface area contributed by atoms with Gasteiger partial charge in [-0.25, -0.2) is 4.98 Å². The fourth-order valence-corrected chi connectivity index (χ4v) is 2.72. The van der Waals surface area contributed by atoms with Crippen LogP contribution in [0, 0.1) is 5.92 Å². The minimum atomic E-state index is 0.0181. The standard InChI is InChI=1S/C16H25N3O/c1-10(2)14-8-12(9-15(17-4)18-14)16(20)19-13-7-5-6-11(13)3/h8-11,13H,5-7H2,1-4H3,(H,17,18)(H,19,20). The SMILES string of the molecule is CNc1cc(C(=O)NC2CCCC2C)cc(C(C)C)n1. The van der Waals surface area contributed by atoms with Crippen LogP contribution in [0.25, 0.3) is 0 Å². The van der Waals surface area contributed by atoms with Crippen molar-refractivity contribution in [1.29, 1.82) is 0 Å². The van der Waals surface area contributed by atoms with Gasteiger partial charge in [0.2, 0.25) is 0 Å².